The van der Waals surface area contributed by atoms with Gasteiger partial charge in [-0.25, -0.2) is 0 Å². The molecule has 1 heterocycles. The predicted molar refractivity (Wildman–Crippen MR) is 37.9 cm³/mol. The van der Waals surface area contributed by atoms with Crippen molar-refractivity contribution in [3.63, 3.8) is 0 Å². The normalized spacial score (nSPS) is 34.1. The number of aliphatic hydroxyl groups excluding tert-OH is 1. The Hall–Kier alpha value is -0.160. The van der Waals surface area contributed by atoms with Crippen LogP contribution in [0.3, 0.4) is 0 Å². The van der Waals surface area contributed by atoms with Crippen LogP contribution in [0.5, 0.6) is 0 Å². The third-order valence-corrected chi connectivity index (χ3v) is 2.14. The minimum absolute atomic E-state index is 0.106. The first-order valence-electron chi connectivity index (χ1n) is 3.98. The fourth-order valence-corrected chi connectivity index (χ4v) is 1.16. The maximum atomic E-state index is 8.91. The Bertz CT molecular complexity index is 141. The van der Waals surface area contributed by atoms with Crippen LogP contribution in [0.2, 0.25) is 0 Å². The van der Waals surface area contributed by atoms with Crippen molar-refractivity contribution in [3.8, 4) is 0 Å². The van der Waals surface area contributed by atoms with Crippen LogP contribution in [-0.4, -0.2) is 36.9 Å². The van der Waals surface area contributed by atoms with Crippen molar-refractivity contribution in [2.45, 2.75) is 24.9 Å². The van der Waals surface area contributed by atoms with Crippen molar-refractivity contribution in [1.29, 1.82) is 0 Å². The number of nitrogens with one attached hydrogen (secondary N) is 1. The Morgan fingerprint density at radius 3 is 2.91 bits per heavy atom. The summed E-state index contributed by atoms with van der Waals surface area (Å²) in [4.78, 5) is 0. The first-order valence-corrected chi connectivity index (χ1v) is 3.98. The monoisotopic (exact) mass is 159 g/mol. The zero-order chi connectivity index (χ0) is 7.73. The van der Waals surface area contributed by atoms with E-state index in [1.165, 1.54) is 0 Å². The Balaban J connectivity index is 1.80. The van der Waals surface area contributed by atoms with E-state index in [4.69, 9.17) is 14.6 Å². The van der Waals surface area contributed by atoms with Crippen molar-refractivity contribution in [2.24, 2.45) is 0 Å². The first-order chi connectivity index (χ1) is 5.35. The zero-order valence-corrected chi connectivity index (χ0v) is 6.38. The van der Waals surface area contributed by atoms with Gasteiger partial charge in [0.15, 0.2) is 0 Å². The average molecular weight is 159 g/mol. The second-order valence-corrected chi connectivity index (χ2v) is 3.12. The van der Waals surface area contributed by atoms with Crippen molar-refractivity contribution in [2.75, 3.05) is 19.8 Å². The van der Waals surface area contributed by atoms with Crippen LogP contribution in [0.15, 0.2) is 0 Å². The van der Waals surface area contributed by atoms with E-state index < -0.39 is 0 Å². The predicted octanol–water partition coefficient (Wildman–Crippen LogP) is -0.569. The van der Waals surface area contributed by atoms with Crippen LogP contribution in [0.1, 0.15) is 12.8 Å². The summed E-state index contributed by atoms with van der Waals surface area (Å²) in [6.07, 6.45) is 1.61. The first kappa shape index (κ1) is 7.49. The lowest BCUT2D eigenvalue weighted by Crippen LogP contribution is -2.33. The molecule has 0 radical (unpaired) electrons. The summed E-state index contributed by atoms with van der Waals surface area (Å²) in [6, 6.07) is 0. The fourth-order valence-electron chi connectivity index (χ4n) is 1.16. The molecule has 4 heteroatoms. The van der Waals surface area contributed by atoms with Gasteiger partial charge in [-0.2, -0.15) is 0 Å². The summed E-state index contributed by atoms with van der Waals surface area (Å²) in [6.45, 7) is 1.65. The lowest BCUT2D eigenvalue weighted by Gasteiger charge is -2.18. The third kappa shape index (κ3) is 1.54. The summed E-state index contributed by atoms with van der Waals surface area (Å²) < 4.78 is 10.7. The molecule has 0 aromatic carbocycles. The summed E-state index contributed by atoms with van der Waals surface area (Å²) in [7, 11) is 0. The van der Waals surface area contributed by atoms with Gasteiger partial charge in [-0.1, -0.05) is 0 Å². The molecule has 1 atom stereocenters. The highest BCUT2D eigenvalue weighted by Gasteiger charge is 2.46. The molecule has 0 amide bonds. The van der Waals surface area contributed by atoms with E-state index in [2.05, 4.69) is 5.32 Å². The highest BCUT2D eigenvalue weighted by atomic mass is 16.7. The van der Waals surface area contributed by atoms with Crippen molar-refractivity contribution in [1.82, 2.24) is 5.32 Å². The van der Waals surface area contributed by atoms with E-state index >= 15 is 0 Å². The quantitative estimate of drug-likeness (QED) is 0.579. The summed E-state index contributed by atoms with van der Waals surface area (Å²) >= 11 is 0. The molecule has 4 nitrogen and oxygen atoms in total. The van der Waals surface area contributed by atoms with Crippen LogP contribution in [0.4, 0.5) is 0 Å². The standard InChI is InChI=1S/C7H13NO3/c9-5-7(1-2-7)11-6-8-3-4-10-6/h6,8-9H,1-5H2. The molecule has 0 aromatic rings. The highest BCUT2D eigenvalue weighted by Crippen LogP contribution is 2.39. The molecule has 0 bridgehead atoms. The largest absolute Gasteiger partial charge is 0.393 e. The fraction of sp³-hybridized carbons (Fsp3) is 1.00. The second-order valence-electron chi connectivity index (χ2n) is 3.12. The van der Waals surface area contributed by atoms with Crippen LogP contribution in [-0.2, 0) is 9.47 Å². The molecule has 0 spiro atoms. The van der Waals surface area contributed by atoms with Crippen molar-refractivity contribution < 1.29 is 14.6 Å². The Labute approximate surface area is 65.5 Å². The molecule has 64 valence electrons. The number of rotatable bonds is 3. The van der Waals surface area contributed by atoms with Crippen LogP contribution in [0, 0.1) is 0 Å². The molecule has 1 aliphatic heterocycles. The lowest BCUT2D eigenvalue weighted by molar-refractivity contribution is -0.175. The van der Waals surface area contributed by atoms with Crippen LogP contribution >= 0.6 is 0 Å². The summed E-state index contributed by atoms with van der Waals surface area (Å²) in [5.74, 6) is 0. The van der Waals surface area contributed by atoms with E-state index in [0.717, 1.165) is 19.4 Å². The SMILES string of the molecule is OCC1(OC2NCCO2)CC1. The molecule has 2 fully saturated rings. The lowest BCUT2D eigenvalue weighted by atomic mass is 10.4. The van der Waals surface area contributed by atoms with E-state index in [-0.39, 0.29) is 18.6 Å². The maximum absolute atomic E-state index is 8.91. The van der Waals surface area contributed by atoms with Gasteiger partial charge in [0.05, 0.1) is 18.8 Å². The zero-order valence-electron chi connectivity index (χ0n) is 6.38. The second kappa shape index (κ2) is 2.71. The maximum Gasteiger partial charge on any atom is 0.216 e. The van der Waals surface area contributed by atoms with Crippen LogP contribution < -0.4 is 5.32 Å². The Morgan fingerprint density at radius 1 is 1.64 bits per heavy atom. The minimum atomic E-state index is -0.287. The average Bonchev–Trinajstić information content (AvgIpc) is 2.59. The van der Waals surface area contributed by atoms with Gasteiger partial charge in [-0.15, -0.1) is 0 Å². The smallest absolute Gasteiger partial charge is 0.216 e. The number of aliphatic hydroxyl groups is 1. The minimum Gasteiger partial charge on any atom is -0.393 e. The number of hydrogen-bond acceptors (Lipinski definition) is 4. The van der Waals surface area contributed by atoms with Gasteiger partial charge in [-0.3, -0.25) is 5.32 Å². The molecule has 1 aliphatic carbocycles. The molecular weight excluding hydrogens is 146 g/mol. The van der Waals surface area contributed by atoms with Gasteiger partial charge in [-0.05, 0) is 12.8 Å². The Kier molecular flexibility index (Phi) is 1.85. The van der Waals surface area contributed by atoms with E-state index in [1.54, 1.807) is 0 Å². The van der Waals surface area contributed by atoms with Gasteiger partial charge in [0, 0.05) is 6.54 Å². The molecule has 1 saturated carbocycles. The van der Waals surface area contributed by atoms with Gasteiger partial charge in [0.2, 0.25) is 6.41 Å². The molecule has 1 saturated heterocycles. The third-order valence-electron chi connectivity index (χ3n) is 2.14. The molecule has 2 aliphatic rings. The summed E-state index contributed by atoms with van der Waals surface area (Å²) in [5.41, 5.74) is -0.276. The van der Waals surface area contributed by atoms with Crippen molar-refractivity contribution in [3.05, 3.63) is 0 Å². The molecule has 11 heavy (non-hydrogen) atoms. The number of hydrogen-bond donors (Lipinski definition) is 2. The van der Waals surface area contributed by atoms with Gasteiger partial charge >= 0.3 is 0 Å². The highest BCUT2D eigenvalue weighted by molar-refractivity contribution is 4.95. The van der Waals surface area contributed by atoms with Crippen LogP contribution in [0.25, 0.3) is 0 Å². The van der Waals surface area contributed by atoms with E-state index in [9.17, 15) is 0 Å². The Morgan fingerprint density at radius 2 is 2.45 bits per heavy atom. The molecule has 0 aromatic heterocycles. The van der Waals surface area contributed by atoms with Gasteiger partial charge in [0.1, 0.15) is 0 Å². The summed E-state index contributed by atoms with van der Waals surface area (Å²) in [5, 5.41) is 11.9. The van der Waals surface area contributed by atoms with E-state index in [0.29, 0.717) is 6.61 Å². The molecule has 2 N–H and O–H groups in total. The topological polar surface area (TPSA) is 50.7 Å². The molecular formula is C7H13NO3. The molecule has 1 unspecified atom stereocenters. The van der Waals surface area contributed by atoms with Crippen molar-refractivity contribution >= 4 is 0 Å². The van der Waals surface area contributed by atoms with E-state index in [1.807, 2.05) is 0 Å². The van der Waals surface area contributed by atoms with Gasteiger partial charge < -0.3 is 14.6 Å². The van der Waals surface area contributed by atoms with Gasteiger partial charge in [0.25, 0.3) is 0 Å². The molecule has 2 rings (SSSR count). The number of ether oxygens (including phenoxy) is 2.